The highest BCUT2D eigenvalue weighted by molar-refractivity contribution is 15.0. The zero-order chi connectivity index (χ0) is 11.1. The van der Waals surface area contributed by atoms with E-state index >= 15 is 0 Å². The normalized spacial score (nSPS) is 6.08. The van der Waals surface area contributed by atoms with Crippen LogP contribution in [0.2, 0.25) is 0 Å². The largest absolute Gasteiger partial charge is 0.262 e. The lowest BCUT2D eigenvalue weighted by molar-refractivity contribution is 1.20. The lowest BCUT2D eigenvalue weighted by Crippen LogP contribution is -1.72. The Kier molecular flexibility index (Phi) is 33.9. The molecule has 1 aromatic rings. The highest BCUT2D eigenvalue weighted by Gasteiger charge is 1.73. The lowest BCUT2D eigenvalue weighted by Gasteiger charge is -1.82. The summed E-state index contributed by atoms with van der Waals surface area (Å²) >= 11 is 4.24. The van der Waals surface area contributed by atoms with Gasteiger partial charge >= 0.3 is 0 Å². The Labute approximate surface area is 106 Å². The molecule has 0 aliphatic carbocycles. The van der Waals surface area contributed by atoms with Crippen molar-refractivity contribution in [2.75, 3.05) is 0 Å². The second-order valence-electron chi connectivity index (χ2n) is 1.47. The van der Waals surface area contributed by atoms with Crippen molar-refractivity contribution in [3.05, 3.63) is 30.1 Å². The Morgan fingerprint density at radius 2 is 1.46 bits per heavy atom. The van der Waals surface area contributed by atoms with Gasteiger partial charge in [-0.2, -0.15) is 0 Å². The molecular weight excluding hydrogens is 388 g/mol. The minimum Gasteiger partial charge on any atom is -0.262 e. The summed E-state index contributed by atoms with van der Waals surface area (Å²) in [7, 11) is 0. The van der Waals surface area contributed by atoms with Crippen LogP contribution in [-0.4, -0.2) is 4.98 Å². The monoisotopic (exact) mass is 407 g/mol. The summed E-state index contributed by atoms with van der Waals surface area (Å²) in [5, 5.41) is 0. The van der Waals surface area contributed by atoms with E-state index in [2.05, 4.69) is 42.2 Å². The number of halogens is 2. The molecule has 1 nitrogen and oxygen atoms in total. The van der Waals surface area contributed by atoms with Crippen molar-refractivity contribution < 1.29 is 0 Å². The summed E-state index contributed by atoms with van der Waals surface area (Å²) < 4.78 is 0. The van der Waals surface area contributed by atoms with Gasteiger partial charge in [-0.05, 0) is 19.1 Å². The van der Waals surface area contributed by atoms with Crippen molar-refractivity contribution in [3.63, 3.8) is 0 Å². The van der Waals surface area contributed by atoms with E-state index in [9.17, 15) is 0 Å². The van der Waals surface area contributed by atoms with E-state index in [4.69, 9.17) is 0 Å². The Balaban J connectivity index is -0.000000144. The summed E-state index contributed by atoms with van der Waals surface area (Å²) in [6, 6.07) is 5.86. The van der Waals surface area contributed by atoms with Crippen molar-refractivity contribution in [1.29, 1.82) is 0 Å². The van der Waals surface area contributed by atoms with Gasteiger partial charge in [0.15, 0.2) is 0 Å². The molecule has 0 unspecified atom stereocenters. The van der Waals surface area contributed by atoms with Crippen LogP contribution < -0.4 is 0 Å². The highest BCUT2D eigenvalue weighted by Crippen LogP contribution is 1.89. The number of rotatable bonds is 0. The fourth-order valence-electron chi connectivity index (χ4n) is 0.448. The van der Waals surface area contributed by atoms with Crippen LogP contribution in [0, 0.1) is 6.92 Å². The maximum Gasteiger partial charge on any atom is 0.0372 e. The van der Waals surface area contributed by atoms with Crippen molar-refractivity contribution >= 4 is 37.2 Å². The fourth-order valence-corrected chi connectivity index (χ4v) is 0.448. The van der Waals surface area contributed by atoms with Gasteiger partial charge in [0.2, 0.25) is 0 Å². The topological polar surface area (TPSA) is 12.9 Å². The highest BCUT2D eigenvalue weighted by atomic mass is 128. The molecule has 1 aromatic heterocycles. The van der Waals surface area contributed by atoms with Gasteiger partial charge in [0.05, 0.1) is 0 Å². The summed E-state index contributed by atoms with van der Waals surface area (Å²) in [5.74, 6) is 0. The van der Waals surface area contributed by atoms with Crippen molar-refractivity contribution in [2.45, 2.75) is 34.6 Å². The number of pyridine rings is 1. The first-order valence-electron chi connectivity index (χ1n) is 4.41. The van der Waals surface area contributed by atoms with Gasteiger partial charge < -0.3 is 0 Å². The maximum absolute atomic E-state index is 3.98. The quantitative estimate of drug-likeness (QED) is 0.538. The van der Waals surface area contributed by atoms with E-state index in [0.29, 0.717) is 0 Å². The van der Waals surface area contributed by atoms with E-state index < -0.39 is 0 Å². The molecule has 0 fully saturated rings. The predicted molar refractivity (Wildman–Crippen MR) is 79.7 cm³/mol. The molecule has 0 spiro atoms. The van der Waals surface area contributed by atoms with Crippen LogP contribution in [0.4, 0.5) is 0 Å². The lowest BCUT2D eigenvalue weighted by atomic mass is 10.4. The van der Waals surface area contributed by atoms with Crippen LogP contribution in [0.5, 0.6) is 0 Å². The minimum absolute atomic E-state index is 1.07. The van der Waals surface area contributed by atoms with Crippen LogP contribution in [0.1, 0.15) is 33.4 Å². The number of aryl methyl sites for hydroxylation is 1. The Bertz CT molecular complexity index is 143. The van der Waals surface area contributed by atoms with Crippen LogP contribution in [0.15, 0.2) is 24.4 Å². The third-order valence-corrected chi connectivity index (χ3v) is 0.813. The molecule has 0 saturated carbocycles. The molecule has 0 aliphatic heterocycles. The predicted octanol–water partition coefficient (Wildman–Crippen LogP) is 5.21. The van der Waals surface area contributed by atoms with Gasteiger partial charge in [-0.1, -0.05) is 33.8 Å². The molecule has 0 atom stereocenters. The van der Waals surface area contributed by atoms with E-state index in [1.807, 2.05) is 52.8 Å². The van der Waals surface area contributed by atoms with Gasteiger partial charge in [0, 0.05) is 49.1 Å². The molecule has 0 aliphatic rings. The van der Waals surface area contributed by atoms with E-state index in [1.165, 1.54) is 0 Å². The number of aromatic nitrogens is 1. The Morgan fingerprint density at radius 1 is 1.00 bits per heavy atom. The van der Waals surface area contributed by atoms with Gasteiger partial charge in [-0.15, -0.1) is 0 Å². The van der Waals surface area contributed by atoms with Crippen molar-refractivity contribution in [1.82, 2.24) is 4.98 Å². The Morgan fingerprint density at radius 3 is 1.62 bits per heavy atom. The van der Waals surface area contributed by atoms with Crippen LogP contribution in [0.3, 0.4) is 0 Å². The van der Waals surface area contributed by atoms with Crippen molar-refractivity contribution in [3.8, 4) is 0 Å². The molecule has 0 aromatic carbocycles. The third-order valence-electron chi connectivity index (χ3n) is 0.813. The molecule has 3 heteroatoms. The average Bonchev–Trinajstić information content (AvgIpc) is 2.28. The Hall–Kier alpha value is 0.610. The SMILES string of the molecule is CC.CC.Cc1ccccn1.II. The van der Waals surface area contributed by atoms with Gasteiger partial charge in [0.1, 0.15) is 0 Å². The smallest absolute Gasteiger partial charge is 0.0372 e. The van der Waals surface area contributed by atoms with Crippen LogP contribution >= 0.6 is 37.2 Å². The molecule has 1 rings (SSSR count). The summed E-state index contributed by atoms with van der Waals surface area (Å²) in [4.78, 5) is 3.98. The zero-order valence-corrected chi connectivity index (χ0v) is 13.3. The van der Waals surface area contributed by atoms with Gasteiger partial charge in [-0.3, -0.25) is 4.98 Å². The van der Waals surface area contributed by atoms with E-state index in [-0.39, 0.29) is 0 Å². The number of nitrogens with zero attached hydrogens (tertiary/aromatic N) is 1. The van der Waals surface area contributed by atoms with Gasteiger partial charge in [-0.25, -0.2) is 0 Å². The van der Waals surface area contributed by atoms with Crippen LogP contribution in [-0.2, 0) is 0 Å². The first-order chi connectivity index (χ1) is 6.39. The molecule has 0 saturated heterocycles. The van der Waals surface area contributed by atoms with Gasteiger partial charge in [0.25, 0.3) is 0 Å². The molecule has 13 heavy (non-hydrogen) atoms. The molecule has 78 valence electrons. The molecule has 0 N–H and O–H groups in total. The standard InChI is InChI=1S/C6H7N.2C2H6.I2/c1-6-4-2-3-5-7-6;3*1-2/h2-5H,1H3;2*1-2H3;. The molecule has 0 amide bonds. The first-order valence-corrected chi connectivity index (χ1v) is 10.7. The zero-order valence-electron chi connectivity index (χ0n) is 9.01. The van der Waals surface area contributed by atoms with Crippen molar-refractivity contribution in [2.24, 2.45) is 0 Å². The molecular formula is C10H19I2N. The third kappa shape index (κ3) is 19.1. The first kappa shape index (κ1) is 19.2. The van der Waals surface area contributed by atoms with E-state index in [0.717, 1.165) is 5.69 Å². The number of hydrogen-bond acceptors (Lipinski definition) is 1. The second-order valence-corrected chi connectivity index (χ2v) is 1.47. The second kappa shape index (κ2) is 22.9. The minimum atomic E-state index is 1.07. The number of hydrogen-bond donors (Lipinski definition) is 0. The fraction of sp³-hybridized carbons (Fsp3) is 0.500. The average molecular weight is 407 g/mol. The molecule has 1 heterocycles. The molecule has 0 bridgehead atoms. The molecule has 0 radical (unpaired) electrons. The summed E-state index contributed by atoms with van der Waals surface area (Å²) in [6.45, 7) is 9.97. The summed E-state index contributed by atoms with van der Waals surface area (Å²) in [5.41, 5.74) is 1.07. The maximum atomic E-state index is 3.98. The van der Waals surface area contributed by atoms with E-state index in [1.54, 1.807) is 6.20 Å². The summed E-state index contributed by atoms with van der Waals surface area (Å²) in [6.07, 6.45) is 1.79. The van der Waals surface area contributed by atoms with Crippen LogP contribution in [0.25, 0.3) is 0 Å².